The molecule has 0 aliphatic carbocycles. The quantitative estimate of drug-likeness (QED) is 0.314. The molecule has 0 bridgehead atoms. The number of halogens is 6. The predicted molar refractivity (Wildman–Crippen MR) is 82.0 cm³/mol. The molecule has 0 radical (unpaired) electrons. The van der Waals surface area contributed by atoms with E-state index in [4.69, 9.17) is 21.0 Å². The van der Waals surface area contributed by atoms with Gasteiger partial charge in [0.2, 0.25) is 0 Å². The molecule has 0 aliphatic heterocycles. The standard InChI is InChI=1S/2C8H6F3NO.Ni/c2*9-8(10,11)7(12)5-3-1-2-4-6(5)13;/h2*1-4,12-13H;. The van der Waals surface area contributed by atoms with Crippen molar-refractivity contribution >= 4 is 11.4 Å². The van der Waals surface area contributed by atoms with Crippen LogP contribution in [0, 0.1) is 10.8 Å². The Hall–Kier alpha value is -2.55. The maximum Gasteiger partial charge on any atom is 0.433 e. The summed E-state index contributed by atoms with van der Waals surface area (Å²) < 4.78 is 71.9. The molecule has 0 aliphatic rings. The number of hydrogen-bond donors (Lipinski definition) is 4. The van der Waals surface area contributed by atoms with Crippen molar-refractivity contribution in [3.8, 4) is 11.5 Å². The summed E-state index contributed by atoms with van der Waals surface area (Å²) >= 11 is 0. The van der Waals surface area contributed by atoms with Crippen molar-refractivity contribution in [2.24, 2.45) is 0 Å². The van der Waals surface area contributed by atoms with Crippen molar-refractivity contribution in [1.29, 1.82) is 10.8 Å². The minimum atomic E-state index is -4.72. The van der Waals surface area contributed by atoms with Gasteiger partial charge in [-0.2, -0.15) is 26.3 Å². The molecule has 0 heterocycles. The molecule has 0 saturated carbocycles. The summed E-state index contributed by atoms with van der Waals surface area (Å²) in [5, 5.41) is 31.5. The van der Waals surface area contributed by atoms with Gasteiger partial charge in [0.05, 0.1) is 0 Å². The molecule has 4 N–H and O–H groups in total. The van der Waals surface area contributed by atoms with Gasteiger partial charge in [-0.1, -0.05) is 24.3 Å². The zero-order valence-corrected chi connectivity index (χ0v) is 14.1. The molecule has 2 rings (SSSR count). The van der Waals surface area contributed by atoms with E-state index in [-0.39, 0.29) is 16.5 Å². The monoisotopic (exact) mass is 436 g/mol. The average Bonchev–Trinajstić information content (AvgIpc) is 2.53. The van der Waals surface area contributed by atoms with Crippen LogP contribution in [0.3, 0.4) is 0 Å². The molecule has 2 aromatic rings. The number of rotatable bonds is 2. The molecule has 27 heavy (non-hydrogen) atoms. The molecule has 150 valence electrons. The second-order valence-corrected chi connectivity index (χ2v) is 4.78. The number of aromatic hydroxyl groups is 2. The summed E-state index contributed by atoms with van der Waals surface area (Å²) in [6.07, 6.45) is -9.45. The first-order valence-electron chi connectivity index (χ1n) is 6.74. The van der Waals surface area contributed by atoms with Crippen molar-refractivity contribution in [2.75, 3.05) is 0 Å². The topological polar surface area (TPSA) is 88.2 Å². The molecule has 2 aromatic carbocycles. The van der Waals surface area contributed by atoms with Gasteiger partial charge in [-0.25, -0.2) is 0 Å². The smallest absolute Gasteiger partial charge is 0.433 e. The third-order valence-corrected chi connectivity index (χ3v) is 2.91. The van der Waals surface area contributed by atoms with Gasteiger partial charge in [0.15, 0.2) is 0 Å². The third-order valence-electron chi connectivity index (χ3n) is 2.91. The maximum atomic E-state index is 12.0. The molecular weight excluding hydrogens is 425 g/mol. The summed E-state index contributed by atoms with van der Waals surface area (Å²) in [5.41, 5.74) is -4.08. The fraction of sp³-hybridized carbons (Fsp3) is 0.125. The van der Waals surface area contributed by atoms with E-state index in [1.807, 2.05) is 0 Å². The van der Waals surface area contributed by atoms with Crippen molar-refractivity contribution in [2.45, 2.75) is 12.4 Å². The van der Waals surface area contributed by atoms with Crippen LogP contribution in [0.5, 0.6) is 11.5 Å². The number of phenols is 2. The Kier molecular flexibility index (Phi) is 8.52. The Morgan fingerprint density at radius 2 is 0.889 bits per heavy atom. The Labute approximate surface area is 159 Å². The van der Waals surface area contributed by atoms with Crippen LogP contribution < -0.4 is 0 Å². The molecule has 0 saturated heterocycles. The van der Waals surface area contributed by atoms with Gasteiger partial charge in [0, 0.05) is 27.6 Å². The van der Waals surface area contributed by atoms with Crippen LogP contribution in [0.15, 0.2) is 48.5 Å². The Bertz CT molecular complexity index is 738. The van der Waals surface area contributed by atoms with Gasteiger partial charge >= 0.3 is 12.4 Å². The van der Waals surface area contributed by atoms with Gasteiger partial charge in [-0.15, -0.1) is 0 Å². The van der Waals surface area contributed by atoms with Crippen molar-refractivity contribution in [3.63, 3.8) is 0 Å². The largest absolute Gasteiger partial charge is 0.507 e. The van der Waals surface area contributed by atoms with Crippen molar-refractivity contribution < 1.29 is 53.0 Å². The number of para-hydroxylation sites is 2. The van der Waals surface area contributed by atoms with Crippen LogP contribution in [-0.2, 0) is 16.5 Å². The molecule has 0 aromatic heterocycles. The summed E-state index contributed by atoms with van der Waals surface area (Å²) in [5.74, 6) is -1.07. The second-order valence-electron chi connectivity index (χ2n) is 4.78. The van der Waals surface area contributed by atoms with E-state index in [0.29, 0.717) is 0 Å². The summed E-state index contributed by atoms with van der Waals surface area (Å²) in [7, 11) is 0. The van der Waals surface area contributed by atoms with Crippen LogP contribution >= 0.6 is 0 Å². The van der Waals surface area contributed by atoms with Gasteiger partial charge < -0.3 is 10.2 Å². The first-order chi connectivity index (χ1) is 11.9. The van der Waals surface area contributed by atoms with Crippen LogP contribution in [-0.4, -0.2) is 34.0 Å². The van der Waals surface area contributed by atoms with E-state index in [9.17, 15) is 26.3 Å². The molecule has 0 fully saturated rings. The predicted octanol–water partition coefficient (Wildman–Crippen LogP) is 4.64. The minimum absolute atomic E-state index is 0. The van der Waals surface area contributed by atoms with E-state index in [0.717, 1.165) is 24.3 Å². The number of alkyl halides is 6. The van der Waals surface area contributed by atoms with Crippen LogP contribution in [0.25, 0.3) is 0 Å². The number of nitrogens with one attached hydrogen (secondary N) is 2. The molecule has 11 heteroatoms. The fourth-order valence-corrected chi connectivity index (χ4v) is 1.68. The maximum absolute atomic E-state index is 12.0. The van der Waals surface area contributed by atoms with Crippen LogP contribution in [0.1, 0.15) is 11.1 Å². The van der Waals surface area contributed by atoms with E-state index in [1.165, 1.54) is 24.3 Å². The van der Waals surface area contributed by atoms with Gasteiger partial charge in [0.25, 0.3) is 0 Å². The average molecular weight is 437 g/mol. The van der Waals surface area contributed by atoms with Crippen LogP contribution in [0.4, 0.5) is 26.3 Å². The summed E-state index contributed by atoms with van der Waals surface area (Å²) in [6, 6.07) is 9.75. The van der Waals surface area contributed by atoms with Crippen molar-refractivity contribution in [3.05, 3.63) is 59.7 Å². The van der Waals surface area contributed by atoms with Crippen LogP contribution in [0.2, 0.25) is 0 Å². The summed E-state index contributed by atoms with van der Waals surface area (Å²) in [6.45, 7) is 0. The minimum Gasteiger partial charge on any atom is -0.507 e. The molecule has 4 nitrogen and oxygen atoms in total. The SMILES string of the molecule is N=C(c1ccccc1O)C(F)(F)F.N=C(c1ccccc1O)C(F)(F)F.[Ni]. The number of phenolic OH excluding ortho intramolecular Hbond substituents is 2. The Morgan fingerprint density at radius 1 is 0.630 bits per heavy atom. The Morgan fingerprint density at radius 3 is 1.11 bits per heavy atom. The first-order valence-corrected chi connectivity index (χ1v) is 6.74. The second kappa shape index (κ2) is 9.41. The first kappa shape index (κ1) is 24.5. The zero-order chi connectivity index (χ0) is 20.1. The van der Waals surface area contributed by atoms with E-state index in [2.05, 4.69) is 0 Å². The van der Waals surface area contributed by atoms with Gasteiger partial charge in [-0.05, 0) is 24.3 Å². The van der Waals surface area contributed by atoms with Crippen molar-refractivity contribution in [1.82, 2.24) is 0 Å². The molecule has 0 amide bonds. The van der Waals surface area contributed by atoms with Gasteiger partial charge in [-0.3, -0.25) is 10.8 Å². The third kappa shape index (κ3) is 6.93. The molecular formula is C16H12F6N2NiO2. The van der Waals surface area contributed by atoms with E-state index in [1.54, 1.807) is 0 Å². The molecule has 0 spiro atoms. The summed E-state index contributed by atoms with van der Waals surface area (Å²) in [4.78, 5) is 0. The fourth-order valence-electron chi connectivity index (χ4n) is 1.68. The zero-order valence-electron chi connectivity index (χ0n) is 13.1. The van der Waals surface area contributed by atoms with E-state index < -0.39 is 46.4 Å². The normalized spacial score (nSPS) is 10.9. The molecule has 0 atom stereocenters. The number of benzene rings is 2. The van der Waals surface area contributed by atoms with Gasteiger partial charge in [0.1, 0.15) is 22.9 Å². The molecule has 0 unspecified atom stereocenters. The Balaban J connectivity index is 0.000000483. The number of hydrogen-bond acceptors (Lipinski definition) is 4. The van der Waals surface area contributed by atoms with E-state index >= 15 is 0 Å².